The van der Waals surface area contributed by atoms with Gasteiger partial charge in [-0.3, -0.25) is 4.79 Å². The predicted octanol–water partition coefficient (Wildman–Crippen LogP) is 1.06. The van der Waals surface area contributed by atoms with Crippen molar-refractivity contribution in [2.75, 3.05) is 0 Å². The van der Waals surface area contributed by atoms with Gasteiger partial charge in [-0.05, 0) is 38.2 Å². The van der Waals surface area contributed by atoms with Crippen LogP contribution in [-0.4, -0.2) is 34.2 Å². The summed E-state index contributed by atoms with van der Waals surface area (Å²) >= 11 is 4.66. The number of aliphatic hydroxyl groups excluding tert-OH is 1. The summed E-state index contributed by atoms with van der Waals surface area (Å²) in [4.78, 5) is 23.7. The zero-order valence-electron chi connectivity index (χ0n) is 11.6. The van der Waals surface area contributed by atoms with E-state index in [9.17, 15) is 9.59 Å². The number of carbonyl (C=O) groups is 2. The summed E-state index contributed by atoms with van der Waals surface area (Å²) in [5.74, 6) is -1.49. The fourth-order valence-electron chi connectivity index (χ4n) is 1.15. The number of nitrogens with one attached hydrogen (secondary N) is 1. The summed E-state index contributed by atoms with van der Waals surface area (Å²) in [6.45, 7) is 2.70. The van der Waals surface area contributed by atoms with Crippen LogP contribution in [-0.2, 0) is 9.53 Å². The minimum atomic E-state index is -1.14. The van der Waals surface area contributed by atoms with Crippen molar-refractivity contribution in [1.29, 1.82) is 0 Å². The number of hydrogen-bond donors (Lipinski definition) is 2. The Hall–Kier alpha value is -1.79. The lowest BCUT2D eigenvalue weighted by molar-refractivity contribution is -0.137. The SMILES string of the molecule is [2H]N(C(=O)c1ccccc1)[C@H](C)C(=O)OC(=S)C(C)O. The van der Waals surface area contributed by atoms with Crippen LogP contribution in [0.4, 0.5) is 0 Å². The minimum absolute atomic E-state index is 0.289. The molecule has 0 aliphatic carbocycles. The molecule has 2 atom stereocenters. The molecule has 1 aromatic rings. The first-order valence-electron chi connectivity index (χ1n) is 6.10. The third kappa shape index (κ3) is 4.76. The van der Waals surface area contributed by atoms with E-state index in [2.05, 4.69) is 12.2 Å². The molecule has 5 nitrogen and oxygen atoms in total. The summed E-state index contributed by atoms with van der Waals surface area (Å²) in [6.07, 6.45) is -1.08. The maximum atomic E-state index is 12.0. The monoisotopic (exact) mass is 282 g/mol. The van der Waals surface area contributed by atoms with Gasteiger partial charge in [-0.2, -0.15) is 0 Å². The van der Waals surface area contributed by atoms with Crippen LogP contribution in [0.1, 0.15) is 24.2 Å². The maximum Gasteiger partial charge on any atom is 0.334 e. The lowest BCUT2D eigenvalue weighted by Crippen LogP contribution is -2.41. The molecule has 19 heavy (non-hydrogen) atoms. The van der Waals surface area contributed by atoms with Gasteiger partial charge in [0.05, 0.1) is 0 Å². The second-order valence-corrected chi connectivity index (χ2v) is 4.29. The molecule has 102 valence electrons. The van der Waals surface area contributed by atoms with Gasteiger partial charge in [0.1, 0.15) is 12.1 Å². The van der Waals surface area contributed by atoms with Crippen molar-refractivity contribution in [3.8, 4) is 0 Å². The molecule has 0 fully saturated rings. The summed E-state index contributed by atoms with van der Waals surface area (Å²) in [6, 6.07) is 7.01. The van der Waals surface area contributed by atoms with Crippen molar-refractivity contribution in [2.24, 2.45) is 0 Å². The summed E-state index contributed by atoms with van der Waals surface area (Å²) < 4.78 is 12.4. The Morgan fingerprint density at radius 3 is 2.47 bits per heavy atom. The summed E-state index contributed by atoms with van der Waals surface area (Å²) in [7, 11) is 0. The summed E-state index contributed by atoms with van der Waals surface area (Å²) in [5.41, 5.74) is 0.292. The van der Waals surface area contributed by atoms with E-state index in [-0.39, 0.29) is 5.05 Å². The van der Waals surface area contributed by atoms with Crippen LogP contribution >= 0.6 is 12.2 Å². The van der Waals surface area contributed by atoms with Crippen LogP contribution in [0.2, 0.25) is 1.41 Å². The average molecular weight is 282 g/mol. The van der Waals surface area contributed by atoms with E-state index < -0.39 is 24.0 Å². The number of hydrogen-bond acceptors (Lipinski definition) is 5. The van der Waals surface area contributed by atoms with Crippen molar-refractivity contribution in [2.45, 2.75) is 26.0 Å². The zero-order valence-corrected chi connectivity index (χ0v) is 11.4. The van der Waals surface area contributed by atoms with Crippen molar-refractivity contribution in [3.63, 3.8) is 0 Å². The lowest BCUT2D eigenvalue weighted by atomic mass is 10.2. The smallest absolute Gasteiger partial charge is 0.334 e. The van der Waals surface area contributed by atoms with Gasteiger partial charge in [0.25, 0.3) is 5.91 Å². The van der Waals surface area contributed by atoms with Crippen LogP contribution in [0.5, 0.6) is 0 Å². The van der Waals surface area contributed by atoms with Crippen molar-refractivity contribution in [1.82, 2.24) is 5.31 Å². The molecule has 6 heteroatoms. The molecule has 0 bridgehead atoms. The molecule has 0 radical (unpaired) electrons. The fourth-order valence-corrected chi connectivity index (χ4v) is 1.24. The molecular weight excluding hydrogens is 266 g/mol. The molecule has 0 saturated heterocycles. The third-order valence-corrected chi connectivity index (χ3v) is 2.64. The van der Waals surface area contributed by atoms with E-state index in [1.54, 1.807) is 30.3 Å². The highest BCUT2D eigenvalue weighted by Gasteiger charge is 2.20. The highest BCUT2D eigenvalue weighted by molar-refractivity contribution is 7.80. The van der Waals surface area contributed by atoms with E-state index in [1.807, 2.05) is 0 Å². The Morgan fingerprint density at radius 2 is 1.95 bits per heavy atom. The highest BCUT2D eigenvalue weighted by Crippen LogP contribution is 2.00. The van der Waals surface area contributed by atoms with Gasteiger partial charge in [-0.25, -0.2) is 4.79 Å². The topological polar surface area (TPSA) is 75.6 Å². The lowest BCUT2D eigenvalue weighted by Gasteiger charge is -2.14. The Kier molecular flexibility index (Phi) is 5.00. The quantitative estimate of drug-likeness (QED) is 0.638. The Balaban J connectivity index is 2.71. The number of aliphatic hydroxyl groups is 1. The standard InChI is InChI=1S/C13H15NO4S/c1-8(12(17)18-13(19)9(2)15)14-11(16)10-6-4-3-5-7-10/h3-9,15H,1-2H3,(H,14,16)/t8-,9?/m1/s1/i/hD. The molecular formula is C13H15NO4S. The number of carbonyl (C=O) groups excluding carboxylic acids is 2. The number of thiocarbonyl (C=S) groups is 1. The van der Waals surface area contributed by atoms with Gasteiger partial charge >= 0.3 is 5.97 Å². The largest absolute Gasteiger partial charge is 0.415 e. The Bertz CT molecular complexity index is 506. The van der Waals surface area contributed by atoms with Crippen molar-refractivity contribution < 1.29 is 20.8 Å². The predicted molar refractivity (Wildman–Crippen MR) is 73.7 cm³/mol. The molecule has 0 aliphatic rings. The molecule has 0 heterocycles. The minimum Gasteiger partial charge on any atom is -0.415 e. The first-order chi connectivity index (χ1) is 9.34. The molecule has 2 N–H and O–H groups in total. The Labute approximate surface area is 118 Å². The number of ether oxygens (including phenoxy) is 1. The van der Waals surface area contributed by atoms with Gasteiger partial charge in [0, 0.05) is 5.56 Å². The molecule has 1 rings (SSSR count). The van der Waals surface area contributed by atoms with E-state index >= 15 is 0 Å². The van der Waals surface area contributed by atoms with Gasteiger partial charge in [-0.1, -0.05) is 18.2 Å². The van der Waals surface area contributed by atoms with Crippen LogP contribution in [0.3, 0.4) is 0 Å². The van der Waals surface area contributed by atoms with Crippen molar-refractivity contribution in [3.05, 3.63) is 35.9 Å². The molecule has 1 amide bonds. The van der Waals surface area contributed by atoms with Crippen LogP contribution in [0.25, 0.3) is 0 Å². The van der Waals surface area contributed by atoms with Crippen molar-refractivity contribution >= 4 is 29.1 Å². The van der Waals surface area contributed by atoms with Gasteiger partial charge in [-0.15, -0.1) is 0 Å². The number of amides is 1. The van der Waals surface area contributed by atoms with Crippen LogP contribution in [0, 0.1) is 0 Å². The molecule has 1 unspecified atom stereocenters. The maximum absolute atomic E-state index is 12.0. The van der Waals surface area contributed by atoms with E-state index in [1.165, 1.54) is 13.8 Å². The summed E-state index contributed by atoms with van der Waals surface area (Å²) in [5, 5.41) is 9.36. The highest BCUT2D eigenvalue weighted by atomic mass is 32.1. The van der Waals surface area contributed by atoms with E-state index in [0.29, 0.717) is 10.9 Å². The molecule has 0 aromatic heterocycles. The van der Waals surface area contributed by atoms with Gasteiger partial charge < -0.3 is 15.2 Å². The average Bonchev–Trinajstić information content (AvgIpc) is 2.45. The molecule has 0 saturated carbocycles. The van der Waals surface area contributed by atoms with Crippen LogP contribution < -0.4 is 5.31 Å². The molecule has 0 aliphatic heterocycles. The van der Waals surface area contributed by atoms with Gasteiger partial charge in [0.15, 0.2) is 6.46 Å². The second kappa shape index (κ2) is 6.96. The number of benzene rings is 1. The van der Waals surface area contributed by atoms with Gasteiger partial charge in [0.2, 0.25) is 0 Å². The molecule has 0 spiro atoms. The number of rotatable bonds is 4. The first-order valence-corrected chi connectivity index (χ1v) is 6.06. The second-order valence-electron chi connectivity index (χ2n) is 3.89. The number of esters is 1. The van der Waals surface area contributed by atoms with Crippen LogP contribution in [0.15, 0.2) is 30.3 Å². The first kappa shape index (κ1) is 13.6. The van der Waals surface area contributed by atoms with E-state index in [0.717, 1.165) is 0 Å². The zero-order chi connectivity index (χ0) is 15.3. The Morgan fingerprint density at radius 1 is 1.37 bits per heavy atom. The normalized spacial score (nSPS) is 13.9. The third-order valence-electron chi connectivity index (χ3n) is 2.22. The fraction of sp³-hybridized carbons (Fsp3) is 0.308. The van der Waals surface area contributed by atoms with E-state index in [4.69, 9.17) is 11.3 Å². The molecule has 1 aromatic carbocycles.